The van der Waals surface area contributed by atoms with Gasteiger partial charge >= 0.3 is 0 Å². The lowest BCUT2D eigenvalue weighted by Crippen LogP contribution is -2.06. The standard InChI is InChI=1S/C24H22F2N4O3S/c1-4-5-6-24(31)30-34(3,32)15-16-9-10-27-22(11-16)29-23-13-19(20(26)14-28-23)18-8-7-17(25)12-21(18)33-2/h1,7-14H,5-6,15H2,2-3H3,(H,27,28,29). The van der Waals surface area contributed by atoms with Crippen molar-refractivity contribution < 1.29 is 22.5 Å². The molecular weight excluding hydrogens is 462 g/mol. The monoisotopic (exact) mass is 484 g/mol. The van der Waals surface area contributed by atoms with Gasteiger partial charge in [0.15, 0.2) is 0 Å². The van der Waals surface area contributed by atoms with Gasteiger partial charge < -0.3 is 10.1 Å². The molecule has 0 fully saturated rings. The van der Waals surface area contributed by atoms with Crippen molar-refractivity contribution in [1.82, 2.24) is 9.97 Å². The molecule has 0 saturated heterocycles. The fraction of sp³-hybridized carbons (Fsp3) is 0.208. The summed E-state index contributed by atoms with van der Waals surface area (Å²) in [6.45, 7) is 0. The fourth-order valence-electron chi connectivity index (χ4n) is 3.15. The summed E-state index contributed by atoms with van der Waals surface area (Å²) in [5.74, 6) is 1.57. The van der Waals surface area contributed by atoms with Gasteiger partial charge in [-0.05, 0) is 35.9 Å². The summed E-state index contributed by atoms with van der Waals surface area (Å²) >= 11 is 0. The van der Waals surface area contributed by atoms with E-state index >= 15 is 0 Å². The van der Waals surface area contributed by atoms with Crippen molar-refractivity contribution in [2.45, 2.75) is 18.6 Å². The van der Waals surface area contributed by atoms with Crippen LogP contribution < -0.4 is 10.1 Å². The average Bonchev–Trinajstić information content (AvgIpc) is 2.78. The Labute approximate surface area is 196 Å². The zero-order valence-corrected chi connectivity index (χ0v) is 19.4. The first-order valence-electron chi connectivity index (χ1n) is 10.1. The number of halogens is 2. The molecule has 7 nitrogen and oxygen atoms in total. The highest BCUT2D eigenvalue weighted by Gasteiger charge is 2.14. The van der Waals surface area contributed by atoms with E-state index in [-0.39, 0.29) is 35.7 Å². The largest absolute Gasteiger partial charge is 0.496 e. The van der Waals surface area contributed by atoms with Crippen molar-refractivity contribution in [2.75, 3.05) is 18.7 Å². The van der Waals surface area contributed by atoms with E-state index in [0.29, 0.717) is 16.9 Å². The molecule has 1 N–H and O–H groups in total. The number of nitrogens with one attached hydrogen (secondary N) is 1. The number of hydrogen-bond acceptors (Lipinski definition) is 6. The molecule has 0 radical (unpaired) electrons. The Kier molecular flexibility index (Phi) is 7.91. The van der Waals surface area contributed by atoms with Gasteiger partial charge in [-0.25, -0.2) is 23.0 Å². The van der Waals surface area contributed by atoms with Crippen molar-refractivity contribution in [2.24, 2.45) is 4.36 Å². The zero-order valence-electron chi connectivity index (χ0n) is 18.5. The van der Waals surface area contributed by atoms with E-state index in [1.807, 2.05) is 0 Å². The van der Waals surface area contributed by atoms with Gasteiger partial charge in [0, 0.05) is 42.5 Å². The van der Waals surface area contributed by atoms with Gasteiger partial charge in [0.2, 0.25) is 0 Å². The van der Waals surface area contributed by atoms with E-state index in [2.05, 4.69) is 25.6 Å². The number of carbonyl (C=O) groups is 1. The zero-order chi connectivity index (χ0) is 24.7. The first-order chi connectivity index (χ1) is 16.2. The van der Waals surface area contributed by atoms with Crippen LogP contribution in [0.2, 0.25) is 0 Å². The quantitative estimate of drug-likeness (QED) is 0.466. The summed E-state index contributed by atoms with van der Waals surface area (Å²) in [5, 5.41) is 2.97. The molecular formula is C24H22F2N4O3S. The number of terminal acetylenes is 1. The molecule has 1 unspecified atom stereocenters. The predicted molar refractivity (Wildman–Crippen MR) is 127 cm³/mol. The molecule has 0 aliphatic rings. The summed E-state index contributed by atoms with van der Waals surface area (Å²) in [5.41, 5.74) is 1.14. The highest BCUT2D eigenvalue weighted by atomic mass is 32.2. The number of anilines is 2. The van der Waals surface area contributed by atoms with Gasteiger partial charge in [0.25, 0.3) is 5.91 Å². The minimum atomic E-state index is -2.82. The lowest BCUT2D eigenvalue weighted by molar-refractivity contribution is -0.117. The molecule has 1 aromatic carbocycles. The Morgan fingerprint density at radius 3 is 2.68 bits per heavy atom. The van der Waals surface area contributed by atoms with E-state index in [1.54, 1.807) is 12.1 Å². The topological polar surface area (TPSA) is 93.5 Å². The average molecular weight is 485 g/mol. The predicted octanol–water partition coefficient (Wildman–Crippen LogP) is 4.71. The SMILES string of the molecule is C#CCCC(=O)N=S(C)(=O)Cc1ccnc(Nc2cc(-c3ccc(F)cc3OC)c(F)cn2)c1. The number of pyridine rings is 2. The van der Waals surface area contributed by atoms with E-state index < -0.39 is 27.3 Å². The van der Waals surface area contributed by atoms with Gasteiger partial charge in [0.05, 0.1) is 28.8 Å². The number of rotatable bonds is 8. The molecule has 3 rings (SSSR count). The summed E-state index contributed by atoms with van der Waals surface area (Å²) in [7, 11) is -1.45. The molecule has 1 amide bonds. The van der Waals surface area contributed by atoms with Crippen LogP contribution in [-0.2, 0) is 20.3 Å². The van der Waals surface area contributed by atoms with Gasteiger partial charge in [-0.3, -0.25) is 4.79 Å². The number of aromatic nitrogens is 2. The van der Waals surface area contributed by atoms with Crippen LogP contribution in [0.25, 0.3) is 11.1 Å². The van der Waals surface area contributed by atoms with Crippen LogP contribution in [0.5, 0.6) is 5.75 Å². The van der Waals surface area contributed by atoms with Gasteiger partial charge in [-0.2, -0.15) is 4.36 Å². The van der Waals surface area contributed by atoms with Crippen LogP contribution >= 0.6 is 0 Å². The molecule has 0 spiro atoms. The van der Waals surface area contributed by atoms with Crippen LogP contribution in [0.1, 0.15) is 18.4 Å². The molecule has 176 valence electrons. The van der Waals surface area contributed by atoms with Crippen molar-refractivity contribution in [1.29, 1.82) is 0 Å². The van der Waals surface area contributed by atoms with Crippen LogP contribution in [0.4, 0.5) is 20.4 Å². The number of amides is 1. The Balaban J connectivity index is 1.84. The summed E-state index contributed by atoms with van der Waals surface area (Å²) in [6.07, 6.45) is 9.35. The van der Waals surface area contributed by atoms with Crippen molar-refractivity contribution >= 4 is 27.3 Å². The second-order valence-electron chi connectivity index (χ2n) is 7.36. The second-order valence-corrected chi connectivity index (χ2v) is 9.75. The van der Waals surface area contributed by atoms with Gasteiger partial charge in [-0.15, -0.1) is 12.3 Å². The molecule has 2 heterocycles. The number of methoxy groups -OCH3 is 1. The molecule has 1 atom stereocenters. The van der Waals surface area contributed by atoms with E-state index in [0.717, 1.165) is 12.3 Å². The number of ether oxygens (including phenoxy) is 1. The molecule has 2 aromatic heterocycles. The Hall–Kier alpha value is -3.84. The minimum Gasteiger partial charge on any atom is -0.496 e. The Bertz CT molecular complexity index is 1380. The molecule has 0 aliphatic carbocycles. The minimum absolute atomic E-state index is 0.0286. The van der Waals surface area contributed by atoms with Crippen LogP contribution in [0.3, 0.4) is 0 Å². The molecule has 34 heavy (non-hydrogen) atoms. The highest BCUT2D eigenvalue weighted by molar-refractivity contribution is 7.92. The summed E-state index contributed by atoms with van der Waals surface area (Å²) in [4.78, 5) is 20.1. The Morgan fingerprint density at radius 1 is 1.18 bits per heavy atom. The third-order valence-corrected chi connectivity index (χ3v) is 6.06. The number of carbonyl (C=O) groups excluding carboxylic acids is 1. The molecule has 0 saturated carbocycles. The van der Waals surface area contributed by atoms with E-state index in [1.165, 1.54) is 37.8 Å². The van der Waals surface area contributed by atoms with Crippen molar-refractivity contribution in [3.05, 3.63) is 66.0 Å². The molecule has 0 aliphatic heterocycles. The lowest BCUT2D eigenvalue weighted by atomic mass is 10.0. The van der Waals surface area contributed by atoms with Crippen molar-refractivity contribution in [3.8, 4) is 29.2 Å². The van der Waals surface area contributed by atoms with E-state index in [4.69, 9.17) is 11.2 Å². The van der Waals surface area contributed by atoms with Crippen molar-refractivity contribution in [3.63, 3.8) is 0 Å². The highest BCUT2D eigenvalue weighted by Crippen LogP contribution is 2.33. The summed E-state index contributed by atoms with van der Waals surface area (Å²) in [6, 6.07) is 8.53. The normalized spacial score (nSPS) is 12.3. The molecule has 3 aromatic rings. The second kappa shape index (κ2) is 10.9. The first-order valence-corrected chi connectivity index (χ1v) is 12.2. The number of nitrogens with zero attached hydrogens (tertiary/aromatic N) is 3. The van der Waals surface area contributed by atoms with Crippen LogP contribution in [-0.4, -0.2) is 33.4 Å². The molecule has 0 bridgehead atoms. The third kappa shape index (κ3) is 6.59. The lowest BCUT2D eigenvalue weighted by Gasteiger charge is -2.12. The van der Waals surface area contributed by atoms with E-state index in [9.17, 15) is 17.8 Å². The maximum absolute atomic E-state index is 14.5. The smallest absolute Gasteiger partial charge is 0.254 e. The third-order valence-electron chi connectivity index (χ3n) is 4.60. The summed E-state index contributed by atoms with van der Waals surface area (Å²) < 4.78 is 49.8. The number of benzene rings is 1. The molecule has 10 heteroatoms. The number of hydrogen-bond donors (Lipinski definition) is 1. The maximum Gasteiger partial charge on any atom is 0.254 e. The maximum atomic E-state index is 14.5. The van der Waals surface area contributed by atoms with Gasteiger partial charge in [-0.1, -0.05) is 0 Å². The van der Waals surface area contributed by atoms with Gasteiger partial charge in [0.1, 0.15) is 29.0 Å². The fourth-order valence-corrected chi connectivity index (χ4v) is 4.53. The van der Waals surface area contributed by atoms with Crippen LogP contribution in [0.15, 0.2) is 53.2 Å². The van der Waals surface area contributed by atoms with Crippen LogP contribution in [0, 0.1) is 24.0 Å². The Morgan fingerprint density at radius 2 is 1.94 bits per heavy atom. The first kappa shape index (κ1) is 24.8.